The molecule has 6 heteroatoms. The molecule has 2 rings (SSSR count). The van der Waals surface area contributed by atoms with Gasteiger partial charge in [-0.3, -0.25) is 15.0 Å². The molecule has 1 saturated carbocycles. The van der Waals surface area contributed by atoms with Crippen LogP contribution < -0.4 is 21.9 Å². The van der Waals surface area contributed by atoms with Gasteiger partial charge in [0, 0.05) is 23.5 Å². The molecule has 0 atom stereocenters. The first kappa shape index (κ1) is 22.8. The van der Waals surface area contributed by atoms with E-state index in [0.29, 0.717) is 16.9 Å². The highest BCUT2D eigenvalue weighted by atomic mass is 16.2. The fourth-order valence-corrected chi connectivity index (χ4v) is 3.71. The van der Waals surface area contributed by atoms with Crippen molar-refractivity contribution < 1.29 is 9.59 Å². The Morgan fingerprint density at radius 2 is 1.45 bits per heavy atom. The fourth-order valence-electron chi connectivity index (χ4n) is 3.71. The summed E-state index contributed by atoms with van der Waals surface area (Å²) < 4.78 is 0. The molecule has 1 aromatic rings. The molecular formula is C23H36N4O2. The standard InChI is InChI=1S/C23H36N4O2/c1-18(26-27-23(29)20-15-11-12-16-21(20)24)17-22(28)25-19-13-9-7-5-3-2-4-6-8-10-14-19/h11-12,15-17,19,26H,2-10,13-14,24H2,1H3,(H,25,28)(H,27,29). The molecule has 160 valence electrons. The van der Waals surface area contributed by atoms with E-state index in [1.165, 1.54) is 63.9 Å². The minimum atomic E-state index is -0.337. The molecule has 2 amide bonds. The highest BCUT2D eigenvalue weighted by Crippen LogP contribution is 2.17. The largest absolute Gasteiger partial charge is 0.398 e. The Labute approximate surface area is 174 Å². The maximum absolute atomic E-state index is 12.4. The number of nitrogens with two attached hydrogens (primary N) is 1. The van der Waals surface area contributed by atoms with E-state index in [0.717, 1.165) is 12.8 Å². The summed E-state index contributed by atoms with van der Waals surface area (Å²) in [5.74, 6) is -0.462. The third-order valence-electron chi connectivity index (χ3n) is 5.38. The zero-order valence-corrected chi connectivity index (χ0v) is 17.6. The molecule has 6 nitrogen and oxygen atoms in total. The van der Waals surface area contributed by atoms with E-state index in [2.05, 4.69) is 16.2 Å². The molecular weight excluding hydrogens is 364 g/mol. The van der Waals surface area contributed by atoms with Crippen LogP contribution in [0.5, 0.6) is 0 Å². The maximum Gasteiger partial charge on any atom is 0.271 e. The number of nitrogen functional groups attached to an aromatic ring is 1. The first-order chi connectivity index (χ1) is 14.1. The molecule has 29 heavy (non-hydrogen) atoms. The molecule has 1 aromatic carbocycles. The number of rotatable bonds is 5. The highest BCUT2D eigenvalue weighted by Gasteiger charge is 2.12. The molecule has 0 radical (unpaired) electrons. The third kappa shape index (κ3) is 9.03. The van der Waals surface area contributed by atoms with Gasteiger partial charge in [-0.15, -0.1) is 0 Å². The van der Waals surface area contributed by atoms with Crippen molar-refractivity contribution in [3.05, 3.63) is 41.6 Å². The number of benzene rings is 1. The second-order valence-corrected chi connectivity index (χ2v) is 7.96. The lowest BCUT2D eigenvalue weighted by atomic mass is 9.98. The molecule has 1 aliphatic rings. The van der Waals surface area contributed by atoms with E-state index in [-0.39, 0.29) is 17.9 Å². The molecule has 0 bridgehead atoms. The van der Waals surface area contributed by atoms with Gasteiger partial charge in [0.05, 0.1) is 5.56 Å². The summed E-state index contributed by atoms with van der Waals surface area (Å²) in [6.07, 6.45) is 15.0. The number of amides is 2. The Bertz CT molecular complexity index is 675. The van der Waals surface area contributed by atoms with Crippen molar-refractivity contribution in [1.82, 2.24) is 16.2 Å². The number of carbonyl (C=O) groups is 2. The van der Waals surface area contributed by atoms with Crippen molar-refractivity contribution in [3.63, 3.8) is 0 Å². The van der Waals surface area contributed by atoms with Gasteiger partial charge in [0.2, 0.25) is 5.91 Å². The van der Waals surface area contributed by atoms with Crippen molar-refractivity contribution in [3.8, 4) is 0 Å². The van der Waals surface area contributed by atoms with Gasteiger partial charge in [0.25, 0.3) is 5.91 Å². The second-order valence-electron chi connectivity index (χ2n) is 7.96. The number of hydrogen-bond acceptors (Lipinski definition) is 4. The highest BCUT2D eigenvalue weighted by molar-refractivity contribution is 5.98. The van der Waals surface area contributed by atoms with E-state index in [4.69, 9.17) is 5.73 Å². The topological polar surface area (TPSA) is 96.2 Å². The Kier molecular flexibility index (Phi) is 10.1. The average Bonchev–Trinajstić information content (AvgIpc) is 2.68. The second kappa shape index (κ2) is 12.9. The first-order valence-electron chi connectivity index (χ1n) is 11.0. The molecule has 5 N–H and O–H groups in total. The third-order valence-corrected chi connectivity index (χ3v) is 5.38. The van der Waals surface area contributed by atoms with E-state index in [1.807, 2.05) is 0 Å². The molecule has 0 aromatic heterocycles. The summed E-state index contributed by atoms with van der Waals surface area (Å²) in [5, 5.41) is 3.14. The Morgan fingerprint density at radius 3 is 2.03 bits per heavy atom. The lowest BCUT2D eigenvalue weighted by Crippen LogP contribution is -2.38. The van der Waals surface area contributed by atoms with Crippen molar-refractivity contribution in [2.75, 3.05) is 5.73 Å². The van der Waals surface area contributed by atoms with Gasteiger partial charge in [-0.2, -0.15) is 0 Å². The van der Waals surface area contributed by atoms with E-state index >= 15 is 0 Å². The van der Waals surface area contributed by atoms with Crippen LogP contribution in [0.1, 0.15) is 87.9 Å². The molecule has 0 aliphatic heterocycles. The van der Waals surface area contributed by atoms with Crippen molar-refractivity contribution >= 4 is 17.5 Å². The van der Waals surface area contributed by atoms with Gasteiger partial charge in [-0.05, 0) is 31.9 Å². The van der Waals surface area contributed by atoms with Crippen LogP contribution in [0.15, 0.2) is 36.0 Å². The van der Waals surface area contributed by atoms with Gasteiger partial charge in [0.1, 0.15) is 0 Å². The summed E-state index contributed by atoms with van der Waals surface area (Å²) in [7, 11) is 0. The molecule has 1 fully saturated rings. The number of allylic oxidation sites excluding steroid dienone is 1. The normalized spacial score (nSPS) is 17.5. The molecule has 0 saturated heterocycles. The summed E-state index contributed by atoms with van der Waals surface area (Å²) in [6, 6.07) is 7.09. The number of anilines is 1. The number of carbonyl (C=O) groups excluding carboxylic acids is 2. The van der Waals surface area contributed by atoms with Gasteiger partial charge in [-0.1, -0.05) is 69.9 Å². The SMILES string of the molecule is CC(=CC(=O)NC1CCCCCCCCCCC1)NNC(=O)c1ccccc1N. The molecule has 1 aliphatic carbocycles. The van der Waals surface area contributed by atoms with Gasteiger partial charge in [-0.25, -0.2) is 0 Å². The molecule has 0 unspecified atom stereocenters. The number of hydrogen-bond donors (Lipinski definition) is 4. The molecule has 0 spiro atoms. The van der Waals surface area contributed by atoms with Crippen molar-refractivity contribution in [2.45, 2.75) is 83.6 Å². The Morgan fingerprint density at radius 1 is 0.897 bits per heavy atom. The van der Waals surface area contributed by atoms with Crippen LogP contribution in [-0.2, 0) is 4.79 Å². The fraction of sp³-hybridized carbons (Fsp3) is 0.565. The maximum atomic E-state index is 12.4. The predicted octanol–water partition coefficient (Wildman–Crippen LogP) is 4.20. The first-order valence-corrected chi connectivity index (χ1v) is 11.0. The lowest BCUT2D eigenvalue weighted by molar-refractivity contribution is -0.117. The Balaban J connectivity index is 1.80. The summed E-state index contributed by atoms with van der Waals surface area (Å²) in [4.78, 5) is 24.6. The van der Waals surface area contributed by atoms with Crippen LogP contribution in [-0.4, -0.2) is 17.9 Å². The van der Waals surface area contributed by atoms with Crippen LogP contribution >= 0.6 is 0 Å². The Hall–Kier alpha value is -2.50. The van der Waals surface area contributed by atoms with Gasteiger partial charge >= 0.3 is 0 Å². The lowest BCUT2D eigenvalue weighted by Gasteiger charge is -2.19. The zero-order chi connectivity index (χ0) is 20.9. The summed E-state index contributed by atoms with van der Waals surface area (Å²) in [5.41, 5.74) is 12.5. The quantitative estimate of drug-likeness (QED) is 0.338. The predicted molar refractivity (Wildman–Crippen MR) is 118 cm³/mol. The van der Waals surface area contributed by atoms with Crippen LogP contribution in [0, 0.1) is 0 Å². The number of nitrogens with one attached hydrogen (secondary N) is 3. The molecule has 0 heterocycles. The van der Waals surface area contributed by atoms with Crippen LogP contribution in [0.4, 0.5) is 5.69 Å². The summed E-state index contributed by atoms with van der Waals surface area (Å²) >= 11 is 0. The smallest absolute Gasteiger partial charge is 0.271 e. The number of hydrazine groups is 1. The van der Waals surface area contributed by atoms with Gasteiger partial charge < -0.3 is 16.5 Å². The van der Waals surface area contributed by atoms with E-state index in [1.54, 1.807) is 31.2 Å². The van der Waals surface area contributed by atoms with Crippen LogP contribution in [0.25, 0.3) is 0 Å². The van der Waals surface area contributed by atoms with Crippen LogP contribution in [0.2, 0.25) is 0 Å². The number of para-hydroxylation sites is 1. The minimum absolute atomic E-state index is 0.124. The zero-order valence-electron chi connectivity index (χ0n) is 17.6. The average molecular weight is 401 g/mol. The summed E-state index contributed by atoms with van der Waals surface area (Å²) in [6.45, 7) is 1.75. The van der Waals surface area contributed by atoms with Crippen LogP contribution in [0.3, 0.4) is 0 Å². The van der Waals surface area contributed by atoms with Crippen molar-refractivity contribution in [2.24, 2.45) is 0 Å². The monoisotopic (exact) mass is 400 g/mol. The van der Waals surface area contributed by atoms with E-state index < -0.39 is 0 Å². The van der Waals surface area contributed by atoms with Gasteiger partial charge in [0.15, 0.2) is 0 Å². The minimum Gasteiger partial charge on any atom is -0.398 e. The van der Waals surface area contributed by atoms with E-state index in [9.17, 15) is 9.59 Å². The van der Waals surface area contributed by atoms with Crippen molar-refractivity contribution in [1.29, 1.82) is 0 Å².